The van der Waals surface area contributed by atoms with Gasteiger partial charge in [0.15, 0.2) is 0 Å². The van der Waals surface area contributed by atoms with Gasteiger partial charge in [-0.25, -0.2) is 4.79 Å². The highest BCUT2D eigenvalue weighted by Crippen LogP contribution is 2.29. The number of hydrogen-bond donors (Lipinski definition) is 0. The number of aryl methyl sites for hydroxylation is 1. The maximum Gasteiger partial charge on any atom is 0.410 e. The maximum absolute atomic E-state index is 12.2. The second-order valence-electron chi connectivity index (χ2n) is 6.88. The number of hydrogen-bond acceptors (Lipinski definition) is 5. The Bertz CT molecular complexity index is 804. The highest BCUT2D eigenvalue weighted by molar-refractivity contribution is 5.71. The van der Waals surface area contributed by atoms with E-state index in [0.29, 0.717) is 13.1 Å². The molecular formula is C19H23N5O2. The minimum Gasteiger partial charge on any atom is -0.442 e. The van der Waals surface area contributed by atoms with Gasteiger partial charge in [-0.15, -0.1) is 6.58 Å². The smallest absolute Gasteiger partial charge is 0.410 e. The van der Waals surface area contributed by atoms with E-state index in [0.717, 1.165) is 31.0 Å². The fourth-order valence-corrected chi connectivity index (χ4v) is 3.74. The lowest BCUT2D eigenvalue weighted by Crippen LogP contribution is -2.37. The summed E-state index contributed by atoms with van der Waals surface area (Å²) in [5.41, 5.74) is 3.12. The van der Waals surface area contributed by atoms with Gasteiger partial charge in [0.2, 0.25) is 0 Å². The van der Waals surface area contributed by atoms with Crippen LogP contribution in [0.1, 0.15) is 17.0 Å². The lowest BCUT2D eigenvalue weighted by molar-refractivity contribution is 0.119. The summed E-state index contributed by atoms with van der Waals surface area (Å²) in [5.74, 6) is 0. The lowest BCUT2D eigenvalue weighted by atomic mass is 10.2. The monoisotopic (exact) mass is 353 g/mol. The standard InChI is InChI=1S/C19H23N5O2/c1-3-8-23-10-15(14(2)21-23)9-22-12-17-18(13-22)26-19(25)24(17)11-16-6-4-5-7-20-16/h3-7,10,17-18H,1,8-9,11-13H2,2H3/t17-,18+/m0/s1. The van der Waals surface area contributed by atoms with Crippen molar-refractivity contribution in [2.24, 2.45) is 0 Å². The minimum absolute atomic E-state index is 0.0743. The SMILES string of the molecule is C=CCn1cc(CN2C[C@H]3OC(=O)N(Cc4ccccn4)[C@H]3C2)c(C)n1. The molecule has 2 aromatic heterocycles. The van der Waals surface area contributed by atoms with E-state index < -0.39 is 0 Å². The summed E-state index contributed by atoms with van der Waals surface area (Å²) in [7, 11) is 0. The quantitative estimate of drug-likeness (QED) is 0.743. The van der Waals surface area contributed by atoms with E-state index in [4.69, 9.17) is 4.74 Å². The van der Waals surface area contributed by atoms with E-state index in [2.05, 4.69) is 27.8 Å². The fraction of sp³-hybridized carbons (Fsp3) is 0.421. The Hall–Kier alpha value is -2.67. The van der Waals surface area contributed by atoms with Crippen LogP contribution in [0.3, 0.4) is 0 Å². The molecule has 1 amide bonds. The van der Waals surface area contributed by atoms with Crippen LogP contribution >= 0.6 is 0 Å². The van der Waals surface area contributed by atoms with Crippen molar-refractivity contribution >= 4 is 6.09 Å². The van der Waals surface area contributed by atoms with Gasteiger partial charge in [-0.05, 0) is 19.1 Å². The molecular weight excluding hydrogens is 330 g/mol. The molecule has 2 fully saturated rings. The Balaban J connectivity index is 1.42. The number of ether oxygens (including phenoxy) is 1. The van der Waals surface area contributed by atoms with Crippen molar-refractivity contribution in [2.45, 2.75) is 38.7 Å². The molecule has 0 saturated carbocycles. The first-order valence-electron chi connectivity index (χ1n) is 8.87. The van der Waals surface area contributed by atoms with Crippen molar-refractivity contribution < 1.29 is 9.53 Å². The average Bonchev–Trinajstić information content (AvgIpc) is 3.25. The van der Waals surface area contributed by atoms with Gasteiger partial charge >= 0.3 is 6.09 Å². The average molecular weight is 353 g/mol. The molecule has 0 N–H and O–H groups in total. The molecule has 0 radical (unpaired) electrons. The Kier molecular flexibility index (Phi) is 4.46. The number of carbonyl (C=O) groups excluding carboxylic acids is 1. The molecule has 2 aliphatic heterocycles. The number of rotatable bonds is 6. The highest BCUT2D eigenvalue weighted by atomic mass is 16.6. The summed E-state index contributed by atoms with van der Waals surface area (Å²) < 4.78 is 7.50. The summed E-state index contributed by atoms with van der Waals surface area (Å²) in [6, 6.07) is 5.82. The van der Waals surface area contributed by atoms with Gasteiger partial charge in [0.25, 0.3) is 0 Å². The minimum atomic E-state index is -0.236. The number of allylic oxidation sites excluding steroid dienone is 1. The van der Waals surface area contributed by atoms with Crippen molar-refractivity contribution in [3.05, 3.63) is 60.2 Å². The van der Waals surface area contributed by atoms with Gasteiger partial charge in [0.1, 0.15) is 6.10 Å². The van der Waals surface area contributed by atoms with Crippen LogP contribution in [0.25, 0.3) is 0 Å². The first-order valence-corrected chi connectivity index (χ1v) is 8.87. The number of pyridine rings is 1. The number of nitrogens with zero attached hydrogens (tertiary/aromatic N) is 5. The number of aromatic nitrogens is 3. The van der Waals surface area contributed by atoms with Crippen LogP contribution in [0.2, 0.25) is 0 Å². The van der Waals surface area contributed by atoms with E-state index in [1.54, 1.807) is 11.1 Å². The number of amides is 1. The zero-order chi connectivity index (χ0) is 18.1. The molecule has 4 heterocycles. The zero-order valence-corrected chi connectivity index (χ0v) is 14.9. The Morgan fingerprint density at radius 3 is 3.00 bits per heavy atom. The van der Waals surface area contributed by atoms with Gasteiger partial charge in [-0.3, -0.25) is 19.5 Å². The van der Waals surface area contributed by atoms with Crippen LogP contribution in [0, 0.1) is 6.92 Å². The van der Waals surface area contributed by atoms with Crippen LogP contribution in [-0.4, -0.2) is 55.9 Å². The third kappa shape index (κ3) is 3.22. The van der Waals surface area contributed by atoms with Crippen molar-refractivity contribution in [1.29, 1.82) is 0 Å². The molecule has 0 spiro atoms. The van der Waals surface area contributed by atoms with Crippen molar-refractivity contribution in [2.75, 3.05) is 13.1 Å². The molecule has 0 bridgehead atoms. The zero-order valence-electron chi connectivity index (χ0n) is 14.9. The molecule has 0 aliphatic carbocycles. The highest BCUT2D eigenvalue weighted by Gasteiger charge is 2.47. The van der Waals surface area contributed by atoms with Crippen LogP contribution in [0.15, 0.2) is 43.2 Å². The van der Waals surface area contributed by atoms with E-state index in [1.807, 2.05) is 35.9 Å². The van der Waals surface area contributed by atoms with Gasteiger partial charge in [-0.1, -0.05) is 12.1 Å². The van der Waals surface area contributed by atoms with Crippen LogP contribution in [0.4, 0.5) is 4.79 Å². The second kappa shape index (κ2) is 6.92. The second-order valence-corrected chi connectivity index (χ2v) is 6.88. The van der Waals surface area contributed by atoms with Crippen molar-refractivity contribution in [3.63, 3.8) is 0 Å². The van der Waals surface area contributed by atoms with Gasteiger partial charge in [-0.2, -0.15) is 5.10 Å². The molecule has 0 aromatic carbocycles. The molecule has 26 heavy (non-hydrogen) atoms. The van der Waals surface area contributed by atoms with Crippen molar-refractivity contribution in [1.82, 2.24) is 24.6 Å². The van der Waals surface area contributed by atoms with Crippen molar-refractivity contribution in [3.8, 4) is 0 Å². The van der Waals surface area contributed by atoms with E-state index >= 15 is 0 Å². The molecule has 0 unspecified atom stereocenters. The molecule has 2 aromatic rings. The van der Waals surface area contributed by atoms with Crippen LogP contribution < -0.4 is 0 Å². The molecule has 4 rings (SSSR count). The number of fused-ring (bicyclic) bond motifs is 1. The van der Waals surface area contributed by atoms with E-state index in [-0.39, 0.29) is 18.2 Å². The summed E-state index contributed by atoms with van der Waals surface area (Å²) in [4.78, 5) is 20.7. The molecule has 2 saturated heterocycles. The summed E-state index contributed by atoms with van der Waals surface area (Å²) in [6.45, 7) is 9.35. The molecule has 7 heteroatoms. The lowest BCUT2D eigenvalue weighted by Gasteiger charge is -2.22. The maximum atomic E-state index is 12.2. The normalized spacial score (nSPS) is 22.5. The summed E-state index contributed by atoms with van der Waals surface area (Å²) >= 11 is 0. The third-order valence-corrected chi connectivity index (χ3v) is 5.02. The molecule has 136 valence electrons. The first-order chi connectivity index (χ1) is 12.6. The number of carbonyl (C=O) groups is 1. The van der Waals surface area contributed by atoms with Crippen LogP contribution in [0.5, 0.6) is 0 Å². The third-order valence-electron chi connectivity index (χ3n) is 5.02. The molecule has 2 atom stereocenters. The summed E-state index contributed by atoms with van der Waals surface area (Å²) in [6.07, 6.45) is 5.35. The fourth-order valence-electron chi connectivity index (χ4n) is 3.74. The number of likely N-dealkylation sites (tertiary alicyclic amines) is 1. The predicted octanol–water partition coefficient (Wildman–Crippen LogP) is 1.98. The molecule has 2 aliphatic rings. The van der Waals surface area contributed by atoms with Gasteiger partial charge in [0.05, 0.1) is 30.5 Å². The predicted molar refractivity (Wildman–Crippen MR) is 96.3 cm³/mol. The molecule has 7 nitrogen and oxygen atoms in total. The Morgan fingerprint density at radius 1 is 1.35 bits per heavy atom. The Labute approximate surface area is 152 Å². The van der Waals surface area contributed by atoms with Gasteiger partial charge < -0.3 is 4.74 Å². The largest absolute Gasteiger partial charge is 0.442 e. The topological polar surface area (TPSA) is 63.5 Å². The van der Waals surface area contributed by atoms with E-state index in [1.165, 1.54) is 5.56 Å². The Morgan fingerprint density at radius 2 is 2.23 bits per heavy atom. The summed E-state index contributed by atoms with van der Waals surface area (Å²) in [5, 5.41) is 4.51. The van der Waals surface area contributed by atoms with Gasteiger partial charge in [0, 0.05) is 37.6 Å². The first kappa shape index (κ1) is 16.8. The van der Waals surface area contributed by atoms with Crippen LogP contribution in [-0.2, 0) is 24.4 Å². The van der Waals surface area contributed by atoms with E-state index in [9.17, 15) is 4.79 Å².